The highest BCUT2D eigenvalue weighted by molar-refractivity contribution is 7.80. The van der Waals surface area contributed by atoms with Gasteiger partial charge in [-0.3, -0.25) is 4.18 Å². The van der Waals surface area contributed by atoms with Gasteiger partial charge in [-0.05, 0) is 77.5 Å². The smallest absolute Gasteiger partial charge is 0.189 e. The van der Waals surface area contributed by atoms with Crippen molar-refractivity contribution >= 4 is 22.7 Å². The highest BCUT2D eigenvalue weighted by atomic mass is 32.2. The second-order valence-electron chi connectivity index (χ2n) is 9.07. The Balaban J connectivity index is 1.91. The lowest BCUT2D eigenvalue weighted by Gasteiger charge is -2.42. The van der Waals surface area contributed by atoms with Crippen molar-refractivity contribution in [3.63, 3.8) is 0 Å². The van der Waals surface area contributed by atoms with E-state index >= 15 is 0 Å². The summed E-state index contributed by atoms with van der Waals surface area (Å²) in [5, 5.41) is 0. The first-order chi connectivity index (χ1) is 13.1. The van der Waals surface area contributed by atoms with Crippen LogP contribution >= 0.6 is 0 Å². The number of benzene rings is 2. The van der Waals surface area contributed by atoms with Gasteiger partial charge in [-0.25, -0.2) is 4.21 Å². The van der Waals surface area contributed by atoms with Gasteiger partial charge in [0.2, 0.25) is 0 Å². The Bertz CT molecular complexity index is 905. The van der Waals surface area contributed by atoms with Crippen molar-refractivity contribution in [1.29, 1.82) is 0 Å². The molecule has 1 atom stereocenters. The van der Waals surface area contributed by atoms with E-state index in [1.807, 2.05) is 31.2 Å². The molecule has 0 saturated heterocycles. The van der Waals surface area contributed by atoms with Crippen LogP contribution in [0.4, 0.5) is 0 Å². The first-order valence-electron chi connectivity index (χ1n) is 10.1. The molecule has 2 aromatic carbocycles. The molecule has 0 aliphatic heterocycles. The Morgan fingerprint density at radius 3 is 2.21 bits per heavy atom. The molecule has 0 spiro atoms. The van der Waals surface area contributed by atoms with Gasteiger partial charge in [0.1, 0.15) is 0 Å². The zero-order valence-corrected chi connectivity index (χ0v) is 18.8. The summed E-state index contributed by atoms with van der Waals surface area (Å²) in [6, 6.07) is 14.7. The fourth-order valence-electron chi connectivity index (χ4n) is 4.02. The van der Waals surface area contributed by atoms with E-state index < -0.39 is 11.1 Å². The first kappa shape index (κ1) is 21.0. The molecule has 28 heavy (non-hydrogen) atoms. The second-order valence-corrected chi connectivity index (χ2v) is 10.2. The highest BCUT2D eigenvalue weighted by Crippen LogP contribution is 2.46. The summed E-state index contributed by atoms with van der Waals surface area (Å²) in [4.78, 5) is 0.703. The van der Waals surface area contributed by atoms with Crippen LogP contribution in [0.1, 0.15) is 76.6 Å². The van der Waals surface area contributed by atoms with Crippen LogP contribution in [0.2, 0.25) is 0 Å². The van der Waals surface area contributed by atoms with Gasteiger partial charge < -0.3 is 0 Å². The lowest BCUT2D eigenvalue weighted by molar-refractivity contribution is 0.332. The van der Waals surface area contributed by atoms with E-state index in [2.05, 4.69) is 58.9 Å². The average Bonchev–Trinajstić information content (AvgIpc) is 2.66. The molecule has 0 amide bonds. The largest absolute Gasteiger partial charge is 0.287 e. The van der Waals surface area contributed by atoms with E-state index in [-0.39, 0.29) is 10.8 Å². The maximum atomic E-state index is 11.9. The quantitative estimate of drug-likeness (QED) is 0.529. The maximum absolute atomic E-state index is 11.9. The summed E-state index contributed by atoms with van der Waals surface area (Å²) < 4.78 is 17.1. The van der Waals surface area contributed by atoms with Crippen molar-refractivity contribution in [2.75, 3.05) is 6.61 Å². The summed E-state index contributed by atoms with van der Waals surface area (Å²) in [5.74, 6) is 0. The van der Waals surface area contributed by atoms with Crippen molar-refractivity contribution in [3.05, 3.63) is 64.7 Å². The molecule has 2 aromatic rings. The minimum absolute atomic E-state index is 0.214. The fourth-order valence-corrected chi connectivity index (χ4v) is 4.73. The first-order valence-corrected chi connectivity index (χ1v) is 11.2. The summed E-state index contributed by atoms with van der Waals surface area (Å²) >= 11 is -1.38. The SMILES string of the molecule is CCOS(=O)c1ccc(/C=C(\C)c2ccc3c(c2)C(C)(C)CCC3(C)C)cc1. The van der Waals surface area contributed by atoms with Crippen molar-refractivity contribution in [2.45, 2.75) is 70.1 Å². The van der Waals surface area contributed by atoms with Crippen LogP contribution in [0, 0.1) is 0 Å². The van der Waals surface area contributed by atoms with Crippen LogP contribution in [0.5, 0.6) is 0 Å². The Labute approximate surface area is 172 Å². The number of rotatable bonds is 5. The molecular weight excluding hydrogens is 364 g/mol. The van der Waals surface area contributed by atoms with Crippen molar-refractivity contribution in [3.8, 4) is 0 Å². The third kappa shape index (κ3) is 4.31. The number of hydrogen-bond donors (Lipinski definition) is 0. The fraction of sp³-hybridized carbons (Fsp3) is 0.440. The third-order valence-corrected chi connectivity index (χ3v) is 7.10. The summed E-state index contributed by atoms with van der Waals surface area (Å²) in [5.41, 5.74) is 7.04. The second kappa shape index (κ2) is 7.96. The van der Waals surface area contributed by atoms with Crippen LogP contribution in [0.3, 0.4) is 0 Å². The molecule has 150 valence electrons. The molecular formula is C25H32O2S. The molecule has 1 aliphatic carbocycles. The number of allylic oxidation sites excluding steroid dienone is 1. The highest BCUT2D eigenvalue weighted by Gasteiger charge is 2.36. The number of fused-ring (bicyclic) bond motifs is 1. The minimum atomic E-state index is -1.38. The van der Waals surface area contributed by atoms with Crippen LogP contribution in [0.25, 0.3) is 11.6 Å². The maximum Gasteiger partial charge on any atom is 0.189 e. The molecule has 3 rings (SSSR count). The summed E-state index contributed by atoms with van der Waals surface area (Å²) in [7, 11) is 0. The van der Waals surface area contributed by atoms with Gasteiger partial charge in [-0.15, -0.1) is 0 Å². The minimum Gasteiger partial charge on any atom is -0.287 e. The topological polar surface area (TPSA) is 26.3 Å². The van der Waals surface area contributed by atoms with Gasteiger partial charge in [0.25, 0.3) is 0 Å². The predicted octanol–water partition coefficient (Wildman–Crippen LogP) is 6.66. The molecule has 1 unspecified atom stereocenters. The van der Waals surface area contributed by atoms with Gasteiger partial charge in [-0.2, -0.15) is 0 Å². The van der Waals surface area contributed by atoms with Crippen LogP contribution in [-0.2, 0) is 26.1 Å². The molecule has 0 N–H and O–H groups in total. The molecule has 3 heteroatoms. The standard InChI is InChI=1S/C25H32O2S/c1-7-27-28(26)21-11-8-19(9-12-21)16-18(2)20-10-13-22-23(17-20)25(5,6)15-14-24(22,3)4/h8-13,16-17H,7,14-15H2,1-6H3/b18-16+. The van der Waals surface area contributed by atoms with Gasteiger partial charge in [0.15, 0.2) is 11.1 Å². The predicted molar refractivity (Wildman–Crippen MR) is 120 cm³/mol. The van der Waals surface area contributed by atoms with Crippen LogP contribution in [0.15, 0.2) is 47.4 Å². The van der Waals surface area contributed by atoms with Gasteiger partial charge in [0, 0.05) is 0 Å². The lowest BCUT2D eigenvalue weighted by atomic mass is 9.63. The average molecular weight is 397 g/mol. The Kier molecular flexibility index (Phi) is 5.97. The molecule has 0 radical (unpaired) electrons. The van der Waals surface area contributed by atoms with E-state index in [1.54, 1.807) is 0 Å². The monoisotopic (exact) mass is 396 g/mol. The molecule has 0 fully saturated rings. The van der Waals surface area contributed by atoms with Crippen molar-refractivity contribution in [1.82, 2.24) is 0 Å². The molecule has 1 aliphatic rings. The molecule has 0 heterocycles. The van der Waals surface area contributed by atoms with Gasteiger partial charge >= 0.3 is 0 Å². The molecule has 2 nitrogen and oxygen atoms in total. The van der Waals surface area contributed by atoms with E-state index in [9.17, 15) is 4.21 Å². The van der Waals surface area contributed by atoms with E-state index in [4.69, 9.17) is 4.18 Å². The van der Waals surface area contributed by atoms with E-state index in [1.165, 1.54) is 35.1 Å². The Morgan fingerprint density at radius 2 is 1.61 bits per heavy atom. The van der Waals surface area contributed by atoms with Crippen LogP contribution < -0.4 is 0 Å². The zero-order chi connectivity index (χ0) is 20.5. The molecule has 0 saturated carbocycles. The Hall–Kier alpha value is -1.71. The normalized spacial score (nSPS) is 19.1. The van der Waals surface area contributed by atoms with Crippen LogP contribution in [-0.4, -0.2) is 10.8 Å². The number of hydrogen-bond acceptors (Lipinski definition) is 2. The van der Waals surface area contributed by atoms with Crippen molar-refractivity contribution in [2.24, 2.45) is 0 Å². The molecule has 0 bridgehead atoms. The zero-order valence-electron chi connectivity index (χ0n) is 18.0. The van der Waals surface area contributed by atoms with Gasteiger partial charge in [-0.1, -0.05) is 64.1 Å². The van der Waals surface area contributed by atoms with E-state index in [0.717, 1.165) is 5.56 Å². The third-order valence-electron chi connectivity index (χ3n) is 5.99. The summed E-state index contributed by atoms with van der Waals surface area (Å²) in [6.45, 7) is 13.9. The lowest BCUT2D eigenvalue weighted by Crippen LogP contribution is -2.33. The molecule has 0 aromatic heterocycles. The van der Waals surface area contributed by atoms with Gasteiger partial charge in [0.05, 0.1) is 11.5 Å². The van der Waals surface area contributed by atoms with E-state index in [0.29, 0.717) is 11.5 Å². The Morgan fingerprint density at radius 1 is 1.00 bits per heavy atom. The summed E-state index contributed by atoms with van der Waals surface area (Å²) in [6.07, 6.45) is 4.64. The van der Waals surface area contributed by atoms with Crippen molar-refractivity contribution < 1.29 is 8.39 Å².